The Hall–Kier alpha value is -3.88. The monoisotopic (exact) mass is 413 g/mol. The van der Waals surface area contributed by atoms with Crippen molar-refractivity contribution in [3.8, 4) is 28.0 Å². The van der Waals surface area contributed by atoms with Crippen molar-refractivity contribution in [2.75, 3.05) is 0 Å². The van der Waals surface area contributed by atoms with Crippen molar-refractivity contribution in [2.45, 2.75) is 12.5 Å². The van der Waals surface area contributed by atoms with E-state index in [1.807, 2.05) is 6.07 Å². The summed E-state index contributed by atoms with van der Waals surface area (Å²) in [7, 11) is 0. The van der Waals surface area contributed by atoms with Gasteiger partial charge in [-0.3, -0.25) is 0 Å². The van der Waals surface area contributed by atoms with Crippen LogP contribution in [0, 0.1) is 0 Å². The van der Waals surface area contributed by atoms with E-state index in [-0.39, 0.29) is 5.92 Å². The van der Waals surface area contributed by atoms with E-state index in [1.54, 1.807) is 6.07 Å². The number of phenols is 1. The van der Waals surface area contributed by atoms with E-state index >= 15 is 0 Å². The Balaban J connectivity index is 1.75. The maximum absolute atomic E-state index is 11.0. The quantitative estimate of drug-likeness (QED) is 0.334. The largest absolute Gasteiger partial charge is 0.507 e. The minimum Gasteiger partial charge on any atom is -0.507 e. The molecule has 2 nitrogen and oxygen atoms in total. The van der Waals surface area contributed by atoms with Crippen molar-refractivity contribution in [3.05, 3.63) is 125 Å². The van der Waals surface area contributed by atoms with Crippen LogP contribution in [0.5, 0.6) is 5.75 Å². The molecule has 1 aliphatic carbocycles. The first-order chi connectivity index (χ1) is 15.8. The van der Waals surface area contributed by atoms with Gasteiger partial charge in [-0.15, -0.1) is 0 Å². The van der Waals surface area contributed by atoms with E-state index in [1.165, 1.54) is 33.4 Å². The van der Waals surface area contributed by atoms with Crippen molar-refractivity contribution >= 4 is 10.8 Å². The van der Waals surface area contributed by atoms with Gasteiger partial charge in [0.05, 0.1) is 0 Å². The number of benzene rings is 5. The van der Waals surface area contributed by atoms with Gasteiger partial charge in [0, 0.05) is 17.8 Å². The SMILES string of the molecule is NCc1ccc(-c2cc3cccc(O)c3c3c2-c2ccccc2C3c2ccccc2)cc1. The summed E-state index contributed by atoms with van der Waals surface area (Å²) in [6.07, 6.45) is 0. The lowest BCUT2D eigenvalue weighted by atomic mass is 9.84. The highest BCUT2D eigenvalue weighted by Gasteiger charge is 2.34. The Morgan fingerprint density at radius 2 is 1.47 bits per heavy atom. The van der Waals surface area contributed by atoms with Crippen LogP contribution >= 0.6 is 0 Å². The topological polar surface area (TPSA) is 46.2 Å². The van der Waals surface area contributed by atoms with Gasteiger partial charge >= 0.3 is 0 Å². The average molecular weight is 414 g/mol. The van der Waals surface area contributed by atoms with E-state index in [9.17, 15) is 5.11 Å². The zero-order valence-corrected chi connectivity index (χ0v) is 17.6. The summed E-state index contributed by atoms with van der Waals surface area (Å²) in [4.78, 5) is 0. The number of phenolic OH excluding ortho intramolecular Hbond substituents is 1. The highest BCUT2D eigenvalue weighted by Crippen LogP contribution is 2.55. The first-order valence-electron chi connectivity index (χ1n) is 11.0. The molecule has 1 aliphatic rings. The number of fused-ring (bicyclic) bond motifs is 5. The number of nitrogens with two attached hydrogens (primary N) is 1. The first kappa shape index (κ1) is 18.9. The van der Waals surface area contributed by atoms with Crippen molar-refractivity contribution in [3.63, 3.8) is 0 Å². The van der Waals surface area contributed by atoms with Crippen LogP contribution in [0.15, 0.2) is 103 Å². The molecule has 0 radical (unpaired) electrons. The van der Waals surface area contributed by atoms with Crippen LogP contribution < -0.4 is 5.73 Å². The van der Waals surface area contributed by atoms with Crippen LogP contribution in [0.4, 0.5) is 0 Å². The van der Waals surface area contributed by atoms with Crippen molar-refractivity contribution < 1.29 is 5.11 Å². The summed E-state index contributed by atoms with van der Waals surface area (Å²) >= 11 is 0. The molecule has 5 aromatic rings. The van der Waals surface area contributed by atoms with E-state index < -0.39 is 0 Å². The molecule has 0 fully saturated rings. The molecule has 0 heterocycles. The Morgan fingerprint density at radius 3 is 2.25 bits per heavy atom. The van der Waals surface area contributed by atoms with Gasteiger partial charge in [0.25, 0.3) is 0 Å². The zero-order valence-electron chi connectivity index (χ0n) is 17.6. The zero-order chi connectivity index (χ0) is 21.7. The summed E-state index contributed by atoms with van der Waals surface area (Å²) in [6, 6.07) is 35.8. The second kappa shape index (κ2) is 7.37. The molecule has 0 saturated heterocycles. The standard InChI is InChI=1S/C30H23NO/c31-18-19-13-15-20(16-14-19)25-17-22-9-6-12-26(32)28(22)30-27(21-7-2-1-3-8-21)23-10-4-5-11-24(23)29(25)30/h1-17,27,32H,18,31H2. The predicted molar refractivity (Wildman–Crippen MR) is 132 cm³/mol. The third-order valence-corrected chi connectivity index (χ3v) is 6.65. The molecule has 1 unspecified atom stereocenters. The van der Waals surface area contributed by atoms with Gasteiger partial charge in [0.2, 0.25) is 0 Å². The molecule has 0 aromatic heterocycles. The molecule has 0 bridgehead atoms. The first-order valence-corrected chi connectivity index (χ1v) is 11.0. The van der Waals surface area contributed by atoms with E-state index in [0.29, 0.717) is 12.3 Å². The molecular formula is C30H23NO. The van der Waals surface area contributed by atoms with Crippen LogP contribution in [0.1, 0.15) is 28.2 Å². The van der Waals surface area contributed by atoms with Gasteiger partial charge in [-0.05, 0) is 62.0 Å². The fourth-order valence-corrected chi connectivity index (χ4v) is 5.22. The van der Waals surface area contributed by atoms with Crippen LogP contribution in [0.2, 0.25) is 0 Å². The fourth-order valence-electron chi connectivity index (χ4n) is 5.22. The second-order valence-corrected chi connectivity index (χ2v) is 8.42. The van der Waals surface area contributed by atoms with Crippen LogP contribution in [0.3, 0.4) is 0 Å². The normalized spacial score (nSPS) is 14.3. The highest BCUT2D eigenvalue weighted by atomic mass is 16.3. The maximum atomic E-state index is 11.0. The molecule has 0 aliphatic heterocycles. The number of rotatable bonds is 3. The van der Waals surface area contributed by atoms with Gasteiger partial charge in [0.15, 0.2) is 0 Å². The van der Waals surface area contributed by atoms with Crippen LogP contribution in [-0.4, -0.2) is 5.11 Å². The van der Waals surface area contributed by atoms with E-state index in [2.05, 4.69) is 91.0 Å². The molecule has 0 amide bonds. The average Bonchev–Trinajstić information content (AvgIpc) is 3.19. The Bertz CT molecular complexity index is 1450. The molecule has 0 saturated carbocycles. The lowest BCUT2D eigenvalue weighted by Gasteiger charge is -2.19. The van der Waals surface area contributed by atoms with Crippen LogP contribution in [-0.2, 0) is 6.54 Å². The second-order valence-electron chi connectivity index (χ2n) is 8.42. The van der Waals surface area contributed by atoms with Gasteiger partial charge in [-0.2, -0.15) is 0 Å². The summed E-state index contributed by atoms with van der Waals surface area (Å²) < 4.78 is 0. The molecular weight excluding hydrogens is 390 g/mol. The summed E-state index contributed by atoms with van der Waals surface area (Å²) in [5.41, 5.74) is 15.5. The van der Waals surface area contributed by atoms with Crippen molar-refractivity contribution in [1.29, 1.82) is 0 Å². The molecule has 2 heteroatoms. The molecule has 154 valence electrons. The fraction of sp³-hybridized carbons (Fsp3) is 0.0667. The third kappa shape index (κ3) is 2.77. The van der Waals surface area contributed by atoms with Gasteiger partial charge in [0.1, 0.15) is 5.75 Å². The molecule has 0 spiro atoms. The smallest absolute Gasteiger partial charge is 0.123 e. The van der Waals surface area contributed by atoms with E-state index in [0.717, 1.165) is 21.9 Å². The van der Waals surface area contributed by atoms with Gasteiger partial charge in [-0.25, -0.2) is 0 Å². The molecule has 6 rings (SSSR count). The minimum absolute atomic E-state index is 0.0708. The minimum atomic E-state index is 0.0708. The van der Waals surface area contributed by atoms with Gasteiger partial charge in [-0.1, -0.05) is 91.0 Å². The number of aromatic hydroxyl groups is 1. The molecule has 3 N–H and O–H groups in total. The van der Waals surface area contributed by atoms with E-state index in [4.69, 9.17) is 5.73 Å². The number of hydrogen-bond donors (Lipinski definition) is 2. The maximum Gasteiger partial charge on any atom is 0.123 e. The predicted octanol–water partition coefficient (Wildman–Crippen LogP) is 6.83. The molecule has 5 aromatic carbocycles. The summed E-state index contributed by atoms with van der Waals surface area (Å²) in [6.45, 7) is 0.531. The summed E-state index contributed by atoms with van der Waals surface area (Å²) in [5.74, 6) is 0.402. The Labute approximate surface area is 187 Å². The lowest BCUT2D eigenvalue weighted by Crippen LogP contribution is -2.00. The Morgan fingerprint density at radius 1 is 0.719 bits per heavy atom. The molecule has 32 heavy (non-hydrogen) atoms. The number of hydrogen-bond acceptors (Lipinski definition) is 2. The third-order valence-electron chi connectivity index (χ3n) is 6.65. The van der Waals surface area contributed by atoms with Gasteiger partial charge < -0.3 is 10.8 Å². The highest BCUT2D eigenvalue weighted by molar-refractivity contribution is 6.06. The lowest BCUT2D eigenvalue weighted by molar-refractivity contribution is 0.481. The summed E-state index contributed by atoms with van der Waals surface area (Å²) in [5, 5.41) is 13.0. The molecule has 1 atom stereocenters. The van der Waals surface area contributed by atoms with Crippen molar-refractivity contribution in [2.24, 2.45) is 5.73 Å². The van der Waals surface area contributed by atoms with Crippen LogP contribution in [0.25, 0.3) is 33.0 Å². The Kier molecular flexibility index (Phi) is 4.34. The van der Waals surface area contributed by atoms with Crippen molar-refractivity contribution in [1.82, 2.24) is 0 Å².